The summed E-state index contributed by atoms with van der Waals surface area (Å²) in [5, 5.41) is 7.67. The first-order valence-electron chi connectivity index (χ1n) is 7.07. The molecule has 0 amide bonds. The molecular formula is C15H21ClIN3. The van der Waals surface area contributed by atoms with Crippen molar-refractivity contribution in [3.05, 3.63) is 34.9 Å². The number of hydrogen-bond donors (Lipinski definition) is 2. The van der Waals surface area contributed by atoms with Gasteiger partial charge in [-0.2, -0.15) is 0 Å². The molecule has 0 radical (unpaired) electrons. The summed E-state index contributed by atoms with van der Waals surface area (Å²) in [6.07, 6.45) is 4.82. The van der Waals surface area contributed by atoms with Gasteiger partial charge in [-0.1, -0.05) is 36.2 Å². The van der Waals surface area contributed by atoms with Crippen LogP contribution in [-0.2, 0) is 5.41 Å². The Morgan fingerprint density at radius 2 is 2.05 bits per heavy atom. The second kappa shape index (κ2) is 6.98. The van der Waals surface area contributed by atoms with Gasteiger partial charge >= 0.3 is 0 Å². The van der Waals surface area contributed by atoms with Crippen molar-refractivity contribution in [1.82, 2.24) is 10.6 Å². The number of halogens is 2. The molecule has 1 fully saturated rings. The Labute approximate surface area is 142 Å². The van der Waals surface area contributed by atoms with Crippen LogP contribution in [0.25, 0.3) is 0 Å². The van der Waals surface area contributed by atoms with E-state index in [1.807, 2.05) is 12.1 Å². The molecule has 0 unspecified atom stereocenters. The predicted molar refractivity (Wildman–Crippen MR) is 95.3 cm³/mol. The van der Waals surface area contributed by atoms with Crippen molar-refractivity contribution in [2.75, 3.05) is 19.6 Å². The Balaban J connectivity index is 0.00000147. The van der Waals surface area contributed by atoms with Gasteiger partial charge in [0.05, 0.1) is 0 Å². The number of benzene rings is 1. The van der Waals surface area contributed by atoms with Crippen LogP contribution in [0.1, 0.15) is 31.2 Å². The molecule has 20 heavy (non-hydrogen) atoms. The Bertz CT molecular complexity index is 486. The first-order valence-corrected chi connectivity index (χ1v) is 7.45. The van der Waals surface area contributed by atoms with Crippen molar-refractivity contribution in [2.24, 2.45) is 4.99 Å². The van der Waals surface area contributed by atoms with E-state index in [0.29, 0.717) is 0 Å². The van der Waals surface area contributed by atoms with Gasteiger partial charge in [-0.15, -0.1) is 24.0 Å². The lowest BCUT2D eigenvalue weighted by molar-refractivity contribution is 0.244. The quantitative estimate of drug-likeness (QED) is 0.757. The van der Waals surface area contributed by atoms with Crippen LogP contribution in [0.15, 0.2) is 29.3 Å². The van der Waals surface area contributed by atoms with Crippen molar-refractivity contribution in [3.8, 4) is 0 Å². The van der Waals surface area contributed by atoms with E-state index in [2.05, 4.69) is 27.8 Å². The average molecular weight is 406 g/mol. The molecule has 0 bridgehead atoms. The molecule has 1 aliphatic heterocycles. The standard InChI is InChI=1S/C15H20ClN3.HI/c16-13-6-2-1-5-12(13)15(7-3-8-15)11-19-14-17-9-4-10-18-14;/h1-2,5-6H,3-4,7-11H2,(H2,17,18,19);1H. The predicted octanol–water partition coefficient (Wildman–Crippen LogP) is 3.32. The van der Waals surface area contributed by atoms with Gasteiger partial charge in [-0.25, -0.2) is 0 Å². The molecule has 0 saturated heterocycles. The van der Waals surface area contributed by atoms with Crippen molar-refractivity contribution in [1.29, 1.82) is 0 Å². The van der Waals surface area contributed by atoms with Crippen molar-refractivity contribution in [3.63, 3.8) is 0 Å². The van der Waals surface area contributed by atoms with E-state index >= 15 is 0 Å². The summed E-state index contributed by atoms with van der Waals surface area (Å²) in [5.74, 6) is 0.949. The number of aliphatic imine (C=N–C) groups is 1. The van der Waals surface area contributed by atoms with Gasteiger partial charge in [0.15, 0.2) is 5.96 Å². The molecule has 1 saturated carbocycles. The highest BCUT2D eigenvalue weighted by molar-refractivity contribution is 14.0. The number of guanidine groups is 1. The van der Waals surface area contributed by atoms with Gasteiger partial charge in [0.1, 0.15) is 0 Å². The van der Waals surface area contributed by atoms with Gasteiger partial charge in [0.25, 0.3) is 0 Å². The lowest BCUT2D eigenvalue weighted by atomic mass is 9.64. The van der Waals surface area contributed by atoms with Gasteiger partial charge in [0, 0.05) is 30.1 Å². The van der Waals surface area contributed by atoms with E-state index in [9.17, 15) is 0 Å². The highest BCUT2D eigenvalue weighted by atomic mass is 127. The monoisotopic (exact) mass is 405 g/mol. The summed E-state index contributed by atoms with van der Waals surface area (Å²) in [6, 6.07) is 8.24. The fourth-order valence-corrected chi connectivity index (χ4v) is 3.28. The summed E-state index contributed by atoms with van der Waals surface area (Å²) >= 11 is 6.37. The van der Waals surface area contributed by atoms with Gasteiger partial charge < -0.3 is 10.6 Å². The van der Waals surface area contributed by atoms with E-state index < -0.39 is 0 Å². The molecule has 5 heteroatoms. The van der Waals surface area contributed by atoms with Crippen LogP contribution in [0, 0.1) is 0 Å². The molecular weight excluding hydrogens is 385 g/mol. The number of nitrogens with one attached hydrogen (secondary N) is 2. The molecule has 110 valence electrons. The zero-order chi connectivity index (χ0) is 13.1. The summed E-state index contributed by atoms with van der Waals surface area (Å²) in [6.45, 7) is 2.86. The van der Waals surface area contributed by atoms with Crippen LogP contribution >= 0.6 is 35.6 Å². The molecule has 1 aromatic carbocycles. The average Bonchev–Trinajstić information content (AvgIpc) is 2.41. The maximum absolute atomic E-state index is 6.37. The molecule has 2 N–H and O–H groups in total. The normalized spacial score (nSPS) is 19.9. The Kier molecular flexibility index (Phi) is 5.55. The van der Waals surface area contributed by atoms with E-state index in [1.165, 1.54) is 24.8 Å². The van der Waals surface area contributed by atoms with Gasteiger partial charge in [0.2, 0.25) is 0 Å². The smallest absolute Gasteiger partial charge is 0.191 e. The summed E-state index contributed by atoms with van der Waals surface area (Å²) < 4.78 is 0. The van der Waals surface area contributed by atoms with Crippen molar-refractivity contribution >= 4 is 41.5 Å². The number of rotatable bonds is 3. The third-order valence-corrected chi connectivity index (χ3v) is 4.58. The summed E-state index contributed by atoms with van der Waals surface area (Å²) in [5.41, 5.74) is 1.48. The van der Waals surface area contributed by atoms with Crippen LogP contribution in [0.3, 0.4) is 0 Å². The van der Waals surface area contributed by atoms with Crippen LogP contribution in [0.2, 0.25) is 5.02 Å². The molecule has 0 atom stereocenters. The molecule has 1 aliphatic carbocycles. The molecule has 1 heterocycles. The van der Waals surface area contributed by atoms with Crippen molar-refractivity contribution < 1.29 is 0 Å². The molecule has 1 aromatic rings. The Hall–Kier alpha value is -0.490. The molecule has 3 rings (SSSR count). The van der Waals surface area contributed by atoms with E-state index in [1.54, 1.807) is 0 Å². The molecule has 3 nitrogen and oxygen atoms in total. The topological polar surface area (TPSA) is 36.4 Å². The van der Waals surface area contributed by atoms with Crippen LogP contribution in [0.5, 0.6) is 0 Å². The fourth-order valence-electron chi connectivity index (χ4n) is 2.94. The summed E-state index contributed by atoms with van der Waals surface area (Å²) in [7, 11) is 0. The SMILES string of the molecule is Clc1ccccc1C1(CNC2=NCCCN2)CCC1.I. The van der Waals surface area contributed by atoms with Gasteiger partial charge in [-0.3, -0.25) is 4.99 Å². The minimum absolute atomic E-state index is 0. The van der Waals surface area contributed by atoms with E-state index in [-0.39, 0.29) is 29.4 Å². The maximum Gasteiger partial charge on any atom is 0.191 e. The highest BCUT2D eigenvalue weighted by Gasteiger charge is 2.40. The first kappa shape index (κ1) is 15.9. The second-order valence-electron chi connectivity index (χ2n) is 5.48. The first-order chi connectivity index (χ1) is 9.30. The van der Waals surface area contributed by atoms with Crippen molar-refractivity contribution in [2.45, 2.75) is 31.1 Å². The zero-order valence-corrected chi connectivity index (χ0v) is 14.6. The van der Waals surface area contributed by atoms with Crippen LogP contribution in [-0.4, -0.2) is 25.6 Å². The maximum atomic E-state index is 6.37. The third-order valence-electron chi connectivity index (χ3n) is 4.25. The molecule has 0 aromatic heterocycles. The lowest BCUT2D eigenvalue weighted by Gasteiger charge is -2.43. The second-order valence-corrected chi connectivity index (χ2v) is 5.89. The minimum atomic E-state index is 0. The van der Waals surface area contributed by atoms with E-state index in [4.69, 9.17) is 11.6 Å². The zero-order valence-electron chi connectivity index (χ0n) is 11.5. The lowest BCUT2D eigenvalue weighted by Crippen LogP contribution is -2.50. The van der Waals surface area contributed by atoms with Crippen LogP contribution < -0.4 is 10.6 Å². The Morgan fingerprint density at radius 1 is 1.25 bits per heavy atom. The highest BCUT2D eigenvalue weighted by Crippen LogP contribution is 2.45. The molecule has 2 aliphatic rings. The fraction of sp³-hybridized carbons (Fsp3) is 0.533. The molecule has 0 spiro atoms. The summed E-state index contributed by atoms with van der Waals surface area (Å²) in [4.78, 5) is 4.47. The largest absolute Gasteiger partial charge is 0.356 e. The Morgan fingerprint density at radius 3 is 2.65 bits per heavy atom. The van der Waals surface area contributed by atoms with E-state index in [0.717, 1.165) is 37.0 Å². The third kappa shape index (κ3) is 3.22. The van der Waals surface area contributed by atoms with Gasteiger partial charge in [-0.05, 0) is 30.9 Å². The number of nitrogens with zero attached hydrogens (tertiary/aromatic N) is 1. The minimum Gasteiger partial charge on any atom is -0.356 e. The number of hydrogen-bond acceptors (Lipinski definition) is 3. The van der Waals surface area contributed by atoms with Crippen LogP contribution in [0.4, 0.5) is 0 Å².